The number of hydrogen-bond donors (Lipinski definition) is 1. The highest BCUT2D eigenvalue weighted by Crippen LogP contribution is 2.31. The first kappa shape index (κ1) is 15.8. The number of fused-ring (bicyclic) bond motifs is 1. The number of benzene rings is 2. The number of non-ortho nitro benzene ring substituents is 1. The summed E-state index contributed by atoms with van der Waals surface area (Å²) in [6.45, 7) is 2.16. The molecule has 1 N–H and O–H groups in total. The van der Waals surface area contributed by atoms with Crippen molar-refractivity contribution in [3.63, 3.8) is 0 Å². The zero-order valence-electron chi connectivity index (χ0n) is 13.0. The lowest BCUT2D eigenvalue weighted by molar-refractivity contribution is -0.384. The van der Waals surface area contributed by atoms with Gasteiger partial charge in [0.15, 0.2) is 17.6 Å². The Bertz CT molecular complexity index is 760. The summed E-state index contributed by atoms with van der Waals surface area (Å²) in [7, 11) is 0. The Morgan fingerprint density at radius 3 is 2.54 bits per heavy atom. The number of ether oxygens (including phenoxy) is 2. The molecule has 0 aromatic heterocycles. The molecule has 0 aliphatic carbocycles. The minimum absolute atomic E-state index is 0.0554. The van der Waals surface area contributed by atoms with Gasteiger partial charge in [0.1, 0.15) is 6.61 Å². The predicted molar refractivity (Wildman–Crippen MR) is 86.4 cm³/mol. The molecule has 7 nitrogen and oxygen atoms in total. The number of nitrogens with one attached hydrogen (secondary N) is 1. The van der Waals surface area contributed by atoms with Gasteiger partial charge in [-0.3, -0.25) is 14.9 Å². The van der Waals surface area contributed by atoms with Crippen LogP contribution in [0.2, 0.25) is 0 Å². The fourth-order valence-corrected chi connectivity index (χ4v) is 2.40. The van der Waals surface area contributed by atoms with Gasteiger partial charge >= 0.3 is 0 Å². The topological polar surface area (TPSA) is 90.7 Å². The Hall–Kier alpha value is -3.09. The maximum atomic E-state index is 12.2. The largest absolute Gasteiger partial charge is 0.486 e. The molecule has 0 bridgehead atoms. The average Bonchev–Trinajstić information content (AvgIpc) is 2.61. The highest BCUT2D eigenvalue weighted by molar-refractivity contribution is 5.94. The molecule has 0 radical (unpaired) electrons. The zero-order chi connectivity index (χ0) is 17.1. The van der Waals surface area contributed by atoms with Gasteiger partial charge in [0.05, 0.1) is 11.0 Å². The number of carbonyl (C=O) groups is 1. The molecule has 0 saturated heterocycles. The lowest BCUT2D eigenvalue weighted by atomic mass is 10.1. The molecule has 7 heteroatoms. The SMILES string of the molecule is C[C@@H](NC(=O)c1ccc([N+](=O)[O-])cc1)[C@@H]1COc2ccccc2O1. The van der Waals surface area contributed by atoms with Crippen LogP contribution in [-0.2, 0) is 0 Å². The van der Waals surface area contributed by atoms with Crippen molar-refractivity contribution in [3.8, 4) is 11.5 Å². The minimum Gasteiger partial charge on any atom is -0.486 e. The first-order valence-corrected chi connectivity index (χ1v) is 7.48. The summed E-state index contributed by atoms with van der Waals surface area (Å²) in [6.07, 6.45) is -0.318. The molecule has 1 aliphatic rings. The summed E-state index contributed by atoms with van der Waals surface area (Å²) < 4.78 is 11.5. The lowest BCUT2D eigenvalue weighted by Gasteiger charge is -2.30. The van der Waals surface area contributed by atoms with E-state index in [1.165, 1.54) is 24.3 Å². The second-order valence-corrected chi connectivity index (χ2v) is 5.48. The van der Waals surface area contributed by atoms with Crippen molar-refractivity contribution in [1.82, 2.24) is 5.32 Å². The van der Waals surface area contributed by atoms with E-state index in [9.17, 15) is 14.9 Å². The van der Waals surface area contributed by atoms with E-state index >= 15 is 0 Å². The van der Waals surface area contributed by atoms with Crippen molar-refractivity contribution in [3.05, 3.63) is 64.2 Å². The highest BCUT2D eigenvalue weighted by atomic mass is 16.6. The van der Waals surface area contributed by atoms with E-state index in [1.807, 2.05) is 31.2 Å². The standard InChI is InChI=1S/C17H16N2O5/c1-11(16-10-23-14-4-2-3-5-15(14)24-16)18-17(20)12-6-8-13(9-7-12)19(21)22/h2-9,11,16H,10H2,1H3,(H,18,20)/t11-,16+/m1/s1. The fourth-order valence-electron chi connectivity index (χ4n) is 2.40. The first-order valence-electron chi connectivity index (χ1n) is 7.48. The van der Waals surface area contributed by atoms with Crippen LogP contribution in [0, 0.1) is 10.1 Å². The van der Waals surface area contributed by atoms with Gasteiger partial charge < -0.3 is 14.8 Å². The molecule has 1 amide bonds. The molecule has 1 aliphatic heterocycles. The maximum absolute atomic E-state index is 12.2. The Balaban J connectivity index is 1.63. The summed E-state index contributed by atoms with van der Waals surface area (Å²) >= 11 is 0. The van der Waals surface area contributed by atoms with Crippen molar-refractivity contribution in [2.45, 2.75) is 19.1 Å². The van der Waals surface area contributed by atoms with Crippen LogP contribution in [-0.4, -0.2) is 29.6 Å². The molecule has 2 atom stereocenters. The quantitative estimate of drug-likeness (QED) is 0.688. The van der Waals surface area contributed by atoms with Crippen LogP contribution in [0.3, 0.4) is 0 Å². The molecular weight excluding hydrogens is 312 g/mol. The second kappa shape index (κ2) is 6.57. The number of rotatable bonds is 4. The molecular formula is C17H16N2O5. The summed E-state index contributed by atoms with van der Waals surface area (Å²) in [5.41, 5.74) is 0.296. The van der Waals surface area contributed by atoms with Gasteiger partial charge in [0.2, 0.25) is 0 Å². The lowest BCUT2D eigenvalue weighted by Crippen LogP contribution is -2.48. The van der Waals surface area contributed by atoms with E-state index in [4.69, 9.17) is 9.47 Å². The number of para-hydroxylation sites is 2. The molecule has 0 fully saturated rings. The van der Waals surface area contributed by atoms with E-state index in [0.29, 0.717) is 23.7 Å². The predicted octanol–water partition coefficient (Wildman–Crippen LogP) is 2.55. The number of nitro groups is 1. The number of nitro benzene ring substituents is 1. The van der Waals surface area contributed by atoms with Crippen molar-refractivity contribution < 1.29 is 19.2 Å². The molecule has 2 aromatic rings. The van der Waals surface area contributed by atoms with Crippen LogP contribution in [0.5, 0.6) is 11.5 Å². The first-order chi connectivity index (χ1) is 11.5. The minimum atomic E-state index is -0.505. The molecule has 3 rings (SSSR count). The molecule has 1 heterocycles. The van der Waals surface area contributed by atoms with E-state index in [1.54, 1.807) is 0 Å². The third-order valence-electron chi connectivity index (χ3n) is 3.79. The third-order valence-corrected chi connectivity index (χ3v) is 3.79. The smallest absolute Gasteiger partial charge is 0.269 e. The maximum Gasteiger partial charge on any atom is 0.269 e. The van der Waals surface area contributed by atoms with Crippen LogP contribution < -0.4 is 14.8 Å². The van der Waals surface area contributed by atoms with Gasteiger partial charge in [-0.25, -0.2) is 0 Å². The van der Waals surface area contributed by atoms with Crippen molar-refractivity contribution in [1.29, 1.82) is 0 Å². The van der Waals surface area contributed by atoms with Gasteiger partial charge in [0, 0.05) is 17.7 Å². The molecule has 124 valence electrons. The molecule has 24 heavy (non-hydrogen) atoms. The van der Waals surface area contributed by atoms with E-state index < -0.39 is 4.92 Å². The second-order valence-electron chi connectivity index (χ2n) is 5.48. The van der Waals surface area contributed by atoms with E-state index in [0.717, 1.165) is 0 Å². The van der Waals surface area contributed by atoms with Crippen LogP contribution in [0.1, 0.15) is 17.3 Å². The van der Waals surface area contributed by atoms with Gasteiger partial charge in [-0.15, -0.1) is 0 Å². The van der Waals surface area contributed by atoms with Crippen molar-refractivity contribution >= 4 is 11.6 Å². The summed E-state index contributed by atoms with van der Waals surface area (Å²) in [5.74, 6) is 1.01. The molecule has 0 unspecified atom stereocenters. The monoisotopic (exact) mass is 328 g/mol. The summed E-state index contributed by atoms with van der Waals surface area (Å²) in [5, 5.41) is 13.5. The van der Waals surface area contributed by atoms with E-state index in [2.05, 4.69) is 5.32 Å². The van der Waals surface area contributed by atoms with Crippen LogP contribution in [0.25, 0.3) is 0 Å². The third kappa shape index (κ3) is 3.29. The summed E-state index contributed by atoms with van der Waals surface area (Å²) in [4.78, 5) is 22.4. The Morgan fingerprint density at radius 1 is 1.21 bits per heavy atom. The molecule has 0 saturated carbocycles. The van der Waals surface area contributed by atoms with Gasteiger partial charge in [-0.2, -0.15) is 0 Å². The van der Waals surface area contributed by atoms with Crippen molar-refractivity contribution in [2.24, 2.45) is 0 Å². The van der Waals surface area contributed by atoms with E-state index in [-0.39, 0.29) is 23.7 Å². The van der Waals surface area contributed by atoms with Gasteiger partial charge in [-0.05, 0) is 31.2 Å². The normalized spacial score (nSPS) is 17.0. The average molecular weight is 328 g/mol. The molecule has 2 aromatic carbocycles. The highest BCUT2D eigenvalue weighted by Gasteiger charge is 2.27. The Morgan fingerprint density at radius 2 is 1.88 bits per heavy atom. The number of carbonyl (C=O) groups excluding carboxylic acids is 1. The Labute approximate surface area is 138 Å². The van der Waals surface area contributed by atoms with Crippen molar-refractivity contribution in [2.75, 3.05) is 6.61 Å². The molecule has 0 spiro atoms. The number of hydrogen-bond acceptors (Lipinski definition) is 5. The van der Waals surface area contributed by atoms with Crippen LogP contribution in [0.15, 0.2) is 48.5 Å². The Kier molecular flexibility index (Phi) is 4.33. The number of amides is 1. The van der Waals surface area contributed by atoms with Gasteiger partial charge in [-0.1, -0.05) is 12.1 Å². The fraction of sp³-hybridized carbons (Fsp3) is 0.235. The van der Waals surface area contributed by atoms with Crippen LogP contribution in [0.4, 0.5) is 5.69 Å². The summed E-state index contributed by atoms with van der Waals surface area (Å²) in [6, 6.07) is 12.5. The number of nitrogens with zero attached hydrogens (tertiary/aromatic N) is 1. The zero-order valence-corrected chi connectivity index (χ0v) is 13.0. The van der Waals surface area contributed by atoms with Crippen LogP contribution >= 0.6 is 0 Å². The van der Waals surface area contributed by atoms with Gasteiger partial charge in [0.25, 0.3) is 11.6 Å².